The first kappa shape index (κ1) is 21.1. The number of aromatic hydroxyl groups is 1. The summed E-state index contributed by atoms with van der Waals surface area (Å²) in [5.41, 5.74) is 1.99. The summed E-state index contributed by atoms with van der Waals surface area (Å²) in [5, 5.41) is 10.1. The molecule has 2 N–H and O–H groups in total. The lowest BCUT2D eigenvalue weighted by Crippen LogP contribution is -2.13. The summed E-state index contributed by atoms with van der Waals surface area (Å²) >= 11 is 0. The number of anilines is 1. The molecule has 3 aromatic carbocycles. The number of carbonyl (C=O) groups is 1. The van der Waals surface area contributed by atoms with Gasteiger partial charge in [0.1, 0.15) is 17.9 Å². The normalized spacial score (nSPS) is 11.4. The van der Waals surface area contributed by atoms with Crippen LogP contribution in [0.25, 0.3) is 6.08 Å². The van der Waals surface area contributed by atoms with Crippen LogP contribution in [0.5, 0.6) is 5.75 Å². The number of phenols is 1. The van der Waals surface area contributed by atoms with E-state index in [0.29, 0.717) is 0 Å². The summed E-state index contributed by atoms with van der Waals surface area (Å²) < 4.78 is 32.4. The number of hydrogen-bond acceptors (Lipinski definition) is 5. The largest absolute Gasteiger partial charge is 0.507 e. The molecular weight excluding hydrogens is 402 g/mol. The molecule has 0 spiro atoms. The zero-order chi connectivity index (χ0) is 21.6. The zero-order valence-electron chi connectivity index (χ0n) is 16.3. The van der Waals surface area contributed by atoms with Crippen molar-refractivity contribution in [1.82, 2.24) is 0 Å². The highest BCUT2D eigenvalue weighted by Crippen LogP contribution is 2.25. The quantitative estimate of drug-likeness (QED) is 0.551. The van der Waals surface area contributed by atoms with Crippen LogP contribution < -0.4 is 4.72 Å². The number of aryl methyl sites for hydroxylation is 1. The number of nitrogens with one attached hydrogen (secondary N) is 1. The van der Waals surface area contributed by atoms with Gasteiger partial charge in [-0.25, -0.2) is 13.2 Å². The molecule has 0 unspecified atom stereocenters. The topological polar surface area (TPSA) is 92.7 Å². The van der Waals surface area contributed by atoms with E-state index in [1.165, 1.54) is 30.3 Å². The van der Waals surface area contributed by atoms with Crippen LogP contribution in [0, 0.1) is 6.92 Å². The number of rotatable bonds is 7. The minimum absolute atomic E-state index is 0.0367. The van der Waals surface area contributed by atoms with Crippen LogP contribution in [0.2, 0.25) is 0 Å². The van der Waals surface area contributed by atoms with Gasteiger partial charge in [-0.3, -0.25) is 4.72 Å². The first-order valence-corrected chi connectivity index (χ1v) is 10.6. The van der Waals surface area contributed by atoms with Crippen molar-refractivity contribution in [3.05, 3.63) is 95.6 Å². The van der Waals surface area contributed by atoms with Crippen molar-refractivity contribution >= 4 is 27.8 Å². The van der Waals surface area contributed by atoms with Gasteiger partial charge in [-0.15, -0.1) is 0 Å². The molecule has 0 saturated heterocycles. The van der Waals surface area contributed by atoms with Gasteiger partial charge in [0.05, 0.1) is 10.6 Å². The average molecular weight is 423 g/mol. The minimum atomic E-state index is -3.81. The SMILES string of the molecule is Cc1ccc(S(=O)(=O)Nc2ccc(C(=O)OC/C=C/c3ccccc3)c(O)c2)cc1. The number of hydrogen-bond donors (Lipinski definition) is 2. The summed E-state index contributed by atoms with van der Waals surface area (Å²) in [6.07, 6.45) is 3.50. The number of benzene rings is 3. The summed E-state index contributed by atoms with van der Waals surface area (Å²) in [5.74, 6) is -1.09. The van der Waals surface area contributed by atoms with Crippen molar-refractivity contribution in [2.24, 2.45) is 0 Å². The fraction of sp³-hybridized carbons (Fsp3) is 0.0870. The van der Waals surface area contributed by atoms with E-state index in [4.69, 9.17) is 4.74 Å². The summed E-state index contributed by atoms with van der Waals surface area (Å²) in [4.78, 5) is 12.3. The van der Waals surface area contributed by atoms with Crippen LogP contribution in [-0.2, 0) is 14.8 Å². The molecule has 0 heterocycles. The van der Waals surface area contributed by atoms with Gasteiger partial charge < -0.3 is 9.84 Å². The lowest BCUT2D eigenvalue weighted by atomic mass is 10.2. The Kier molecular flexibility index (Phi) is 6.54. The third-order valence-corrected chi connectivity index (χ3v) is 5.62. The molecule has 0 aliphatic rings. The maximum absolute atomic E-state index is 12.4. The molecule has 0 bridgehead atoms. The van der Waals surface area contributed by atoms with E-state index >= 15 is 0 Å². The van der Waals surface area contributed by atoms with Gasteiger partial charge in [-0.1, -0.05) is 54.1 Å². The molecule has 0 fully saturated rings. The highest BCUT2D eigenvalue weighted by molar-refractivity contribution is 7.92. The molecule has 0 saturated carbocycles. The fourth-order valence-corrected chi connectivity index (χ4v) is 3.70. The Bertz CT molecular complexity index is 1150. The molecule has 7 heteroatoms. The first-order valence-electron chi connectivity index (χ1n) is 9.16. The molecule has 6 nitrogen and oxygen atoms in total. The molecule has 0 aliphatic carbocycles. The van der Waals surface area contributed by atoms with E-state index in [1.807, 2.05) is 43.3 Å². The monoisotopic (exact) mass is 423 g/mol. The van der Waals surface area contributed by atoms with Gasteiger partial charge in [0.25, 0.3) is 10.0 Å². The van der Waals surface area contributed by atoms with Gasteiger partial charge in [-0.05, 0) is 42.8 Å². The van der Waals surface area contributed by atoms with Crippen molar-refractivity contribution in [2.45, 2.75) is 11.8 Å². The predicted octanol–water partition coefficient (Wildman–Crippen LogP) is 4.37. The summed E-state index contributed by atoms with van der Waals surface area (Å²) in [6, 6.07) is 19.8. The van der Waals surface area contributed by atoms with Crippen LogP contribution in [0.15, 0.2) is 83.8 Å². The number of esters is 1. The molecule has 0 atom stereocenters. The van der Waals surface area contributed by atoms with Crippen molar-refractivity contribution in [1.29, 1.82) is 0 Å². The number of sulfonamides is 1. The first-order chi connectivity index (χ1) is 14.3. The van der Waals surface area contributed by atoms with Gasteiger partial charge in [-0.2, -0.15) is 0 Å². The Morgan fingerprint density at radius 1 is 1.03 bits per heavy atom. The number of carbonyl (C=O) groups excluding carboxylic acids is 1. The zero-order valence-corrected chi connectivity index (χ0v) is 17.1. The smallest absolute Gasteiger partial charge is 0.342 e. The summed E-state index contributed by atoms with van der Waals surface area (Å²) in [6.45, 7) is 1.89. The van der Waals surface area contributed by atoms with Crippen molar-refractivity contribution < 1.29 is 23.1 Å². The van der Waals surface area contributed by atoms with Crippen LogP contribution in [0.4, 0.5) is 5.69 Å². The lowest BCUT2D eigenvalue weighted by Gasteiger charge is -2.10. The van der Waals surface area contributed by atoms with Crippen LogP contribution in [-0.4, -0.2) is 26.1 Å². The van der Waals surface area contributed by atoms with Crippen LogP contribution >= 0.6 is 0 Å². The van der Waals surface area contributed by atoms with Crippen molar-refractivity contribution in [2.75, 3.05) is 11.3 Å². The van der Waals surface area contributed by atoms with Gasteiger partial charge in [0, 0.05) is 6.07 Å². The molecule has 3 rings (SSSR count). The maximum Gasteiger partial charge on any atom is 0.342 e. The fourth-order valence-electron chi connectivity index (χ4n) is 2.65. The molecule has 3 aromatic rings. The highest BCUT2D eigenvalue weighted by Gasteiger charge is 2.17. The molecular formula is C23H21NO5S. The lowest BCUT2D eigenvalue weighted by molar-refractivity contribution is 0.0547. The molecule has 0 radical (unpaired) electrons. The minimum Gasteiger partial charge on any atom is -0.507 e. The second-order valence-corrected chi connectivity index (χ2v) is 8.24. The highest BCUT2D eigenvalue weighted by atomic mass is 32.2. The number of phenolic OH excluding ortho intramolecular Hbond substituents is 1. The Morgan fingerprint density at radius 2 is 1.73 bits per heavy atom. The second-order valence-electron chi connectivity index (χ2n) is 6.56. The second kappa shape index (κ2) is 9.28. The third-order valence-electron chi connectivity index (χ3n) is 4.22. The van der Waals surface area contributed by atoms with E-state index in [0.717, 1.165) is 11.1 Å². The van der Waals surface area contributed by atoms with E-state index in [1.54, 1.807) is 18.2 Å². The van der Waals surface area contributed by atoms with E-state index in [2.05, 4.69) is 4.72 Å². The molecule has 0 aromatic heterocycles. The Morgan fingerprint density at radius 3 is 2.40 bits per heavy atom. The molecule has 154 valence electrons. The van der Waals surface area contributed by atoms with Crippen molar-refractivity contribution in [3.63, 3.8) is 0 Å². The predicted molar refractivity (Wildman–Crippen MR) is 116 cm³/mol. The van der Waals surface area contributed by atoms with Crippen molar-refractivity contribution in [3.8, 4) is 5.75 Å². The van der Waals surface area contributed by atoms with Gasteiger partial charge in [0.15, 0.2) is 0 Å². The maximum atomic E-state index is 12.4. The Balaban J connectivity index is 1.63. The van der Waals surface area contributed by atoms with E-state index in [9.17, 15) is 18.3 Å². The van der Waals surface area contributed by atoms with Gasteiger partial charge >= 0.3 is 5.97 Å². The van der Waals surface area contributed by atoms with Gasteiger partial charge in [0.2, 0.25) is 0 Å². The van der Waals surface area contributed by atoms with E-state index < -0.39 is 16.0 Å². The standard InChI is InChI=1S/C23H21NO5S/c1-17-9-12-20(13-10-17)30(27,28)24-19-11-14-21(22(25)16-19)23(26)29-15-5-8-18-6-3-2-4-7-18/h2-14,16,24-25H,15H2,1H3/b8-5+. The van der Waals surface area contributed by atoms with Crippen LogP contribution in [0.3, 0.4) is 0 Å². The average Bonchev–Trinajstić information content (AvgIpc) is 2.72. The van der Waals surface area contributed by atoms with E-state index in [-0.39, 0.29) is 28.5 Å². The number of ether oxygens (including phenoxy) is 1. The van der Waals surface area contributed by atoms with Crippen LogP contribution in [0.1, 0.15) is 21.5 Å². The Labute approximate surface area is 175 Å². The molecule has 0 amide bonds. The molecule has 0 aliphatic heterocycles. The Hall–Kier alpha value is -3.58. The summed E-state index contributed by atoms with van der Waals surface area (Å²) in [7, 11) is -3.81. The molecule has 30 heavy (non-hydrogen) atoms. The third kappa shape index (κ3) is 5.48.